The number of nitrogens with one attached hydrogen (secondary N) is 1. The normalized spacial score (nSPS) is 15.0. The maximum Gasteiger partial charge on any atom is 0.221 e. The summed E-state index contributed by atoms with van der Waals surface area (Å²) in [7, 11) is 0. The number of rotatable bonds is 1. The Bertz CT molecular complexity index is 368. The number of hydrogen-bond acceptors (Lipinski definition) is 2. The summed E-state index contributed by atoms with van der Waals surface area (Å²) in [4.78, 5) is 12.5. The highest BCUT2D eigenvalue weighted by Crippen LogP contribution is 2.37. The minimum Gasteiger partial charge on any atom is -0.318 e. The smallest absolute Gasteiger partial charge is 0.221 e. The van der Waals surface area contributed by atoms with Gasteiger partial charge in [-0.2, -0.15) is 0 Å². The summed E-state index contributed by atoms with van der Waals surface area (Å²) >= 11 is 1.76. The first-order valence-corrected chi connectivity index (χ1v) is 5.89. The van der Waals surface area contributed by atoms with Gasteiger partial charge in [-0.3, -0.25) is 4.79 Å². The molecule has 1 amide bonds. The van der Waals surface area contributed by atoms with E-state index in [9.17, 15) is 4.79 Å². The van der Waals surface area contributed by atoms with Gasteiger partial charge in [-0.15, -0.1) is 11.3 Å². The summed E-state index contributed by atoms with van der Waals surface area (Å²) < 4.78 is 0. The Morgan fingerprint density at radius 1 is 1.36 bits per heavy atom. The van der Waals surface area contributed by atoms with Crippen LogP contribution in [0.5, 0.6) is 0 Å². The second-order valence-electron chi connectivity index (χ2n) is 3.85. The van der Waals surface area contributed by atoms with Gasteiger partial charge in [0.05, 0.1) is 5.00 Å². The van der Waals surface area contributed by atoms with E-state index in [4.69, 9.17) is 0 Å². The second-order valence-corrected chi connectivity index (χ2v) is 4.95. The molecule has 0 radical (unpaired) electrons. The number of fused-ring (bicyclic) bond motifs is 1. The molecule has 76 valence electrons. The molecule has 0 atom stereocenters. The largest absolute Gasteiger partial charge is 0.318 e. The molecule has 0 fully saturated rings. The first kappa shape index (κ1) is 9.71. The van der Waals surface area contributed by atoms with Crippen LogP contribution in [-0.4, -0.2) is 5.91 Å². The van der Waals surface area contributed by atoms with Gasteiger partial charge < -0.3 is 5.32 Å². The summed E-state index contributed by atoms with van der Waals surface area (Å²) in [5.41, 5.74) is 2.78. The third kappa shape index (κ3) is 1.69. The average Bonchev–Trinajstić information content (AvgIpc) is 2.44. The summed E-state index contributed by atoms with van der Waals surface area (Å²) in [6.45, 7) is 3.68. The van der Waals surface area contributed by atoms with Gasteiger partial charge in [-0.05, 0) is 43.7 Å². The zero-order valence-corrected chi connectivity index (χ0v) is 9.46. The Labute approximate surface area is 88.3 Å². The molecular formula is C11H15NOS. The fourth-order valence-electron chi connectivity index (χ4n) is 2.00. The molecule has 1 N–H and O–H groups in total. The van der Waals surface area contributed by atoms with Crippen LogP contribution in [0.3, 0.4) is 0 Å². The van der Waals surface area contributed by atoms with Gasteiger partial charge >= 0.3 is 0 Å². The molecule has 1 aromatic rings. The molecule has 0 bridgehead atoms. The zero-order chi connectivity index (χ0) is 10.1. The van der Waals surface area contributed by atoms with Crippen molar-refractivity contribution < 1.29 is 4.79 Å². The maximum atomic E-state index is 11.0. The molecule has 0 aromatic carbocycles. The highest BCUT2D eigenvalue weighted by molar-refractivity contribution is 7.16. The summed E-state index contributed by atoms with van der Waals surface area (Å²) in [5.74, 6) is 0.0340. The Kier molecular flexibility index (Phi) is 2.59. The SMILES string of the molecule is CC(=O)Nc1sc2c(c1C)CCCC2. The number of anilines is 1. The summed E-state index contributed by atoms with van der Waals surface area (Å²) in [5, 5.41) is 3.97. The van der Waals surface area contributed by atoms with Crippen molar-refractivity contribution in [3.63, 3.8) is 0 Å². The molecule has 3 heteroatoms. The Hall–Kier alpha value is -0.830. The second kappa shape index (κ2) is 3.73. The third-order valence-electron chi connectivity index (χ3n) is 2.73. The first-order chi connectivity index (χ1) is 6.68. The number of hydrogen-bond donors (Lipinski definition) is 1. The number of thiophene rings is 1. The van der Waals surface area contributed by atoms with Crippen LogP contribution in [0.1, 0.15) is 35.8 Å². The van der Waals surface area contributed by atoms with Crippen LogP contribution >= 0.6 is 11.3 Å². The molecule has 1 heterocycles. The van der Waals surface area contributed by atoms with Gasteiger partial charge in [-0.25, -0.2) is 0 Å². The predicted octanol–water partition coefficient (Wildman–Crippen LogP) is 2.89. The molecule has 1 aliphatic rings. The fourth-order valence-corrected chi connectivity index (χ4v) is 3.35. The predicted molar refractivity (Wildman–Crippen MR) is 60.0 cm³/mol. The zero-order valence-electron chi connectivity index (χ0n) is 8.64. The number of aryl methyl sites for hydroxylation is 1. The van der Waals surface area contributed by atoms with Crippen LogP contribution in [0.4, 0.5) is 5.00 Å². The van der Waals surface area contributed by atoms with E-state index in [0.29, 0.717) is 0 Å². The van der Waals surface area contributed by atoms with Gasteiger partial charge in [0.15, 0.2) is 0 Å². The molecular weight excluding hydrogens is 194 g/mol. The molecule has 0 aliphatic heterocycles. The lowest BCUT2D eigenvalue weighted by atomic mass is 9.96. The molecule has 2 rings (SSSR count). The minimum absolute atomic E-state index is 0.0340. The molecule has 1 aliphatic carbocycles. The highest BCUT2D eigenvalue weighted by Gasteiger charge is 2.17. The lowest BCUT2D eigenvalue weighted by molar-refractivity contribution is -0.114. The van der Waals surface area contributed by atoms with E-state index in [2.05, 4.69) is 12.2 Å². The minimum atomic E-state index is 0.0340. The van der Waals surface area contributed by atoms with Crippen molar-refractivity contribution in [2.45, 2.75) is 39.5 Å². The van der Waals surface area contributed by atoms with E-state index in [1.165, 1.54) is 41.7 Å². The lowest BCUT2D eigenvalue weighted by Crippen LogP contribution is -2.05. The van der Waals surface area contributed by atoms with E-state index in [-0.39, 0.29) is 5.91 Å². The van der Waals surface area contributed by atoms with Crippen molar-refractivity contribution in [2.75, 3.05) is 5.32 Å². The molecule has 1 aromatic heterocycles. The van der Waals surface area contributed by atoms with Crippen molar-refractivity contribution in [2.24, 2.45) is 0 Å². The first-order valence-electron chi connectivity index (χ1n) is 5.07. The van der Waals surface area contributed by atoms with Crippen LogP contribution in [0.2, 0.25) is 0 Å². The number of amides is 1. The Morgan fingerprint density at radius 2 is 2.07 bits per heavy atom. The van der Waals surface area contributed by atoms with Crippen LogP contribution in [0, 0.1) is 6.92 Å². The van der Waals surface area contributed by atoms with E-state index < -0.39 is 0 Å². The highest BCUT2D eigenvalue weighted by atomic mass is 32.1. The molecule has 2 nitrogen and oxygen atoms in total. The van der Waals surface area contributed by atoms with Gasteiger partial charge in [0.25, 0.3) is 0 Å². The molecule has 0 saturated carbocycles. The Morgan fingerprint density at radius 3 is 2.71 bits per heavy atom. The molecule has 0 unspecified atom stereocenters. The van der Waals surface area contributed by atoms with Crippen molar-refractivity contribution in [3.8, 4) is 0 Å². The lowest BCUT2D eigenvalue weighted by Gasteiger charge is -2.10. The van der Waals surface area contributed by atoms with E-state index in [0.717, 1.165) is 5.00 Å². The van der Waals surface area contributed by atoms with Crippen LogP contribution in [0.25, 0.3) is 0 Å². The molecule has 0 saturated heterocycles. The van der Waals surface area contributed by atoms with E-state index in [1.807, 2.05) is 0 Å². The number of carbonyl (C=O) groups excluding carboxylic acids is 1. The van der Waals surface area contributed by atoms with Crippen LogP contribution in [0.15, 0.2) is 0 Å². The van der Waals surface area contributed by atoms with Crippen molar-refractivity contribution in [1.29, 1.82) is 0 Å². The maximum absolute atomic E-state index is 11.0. The van der Waals surface area contributed by atoms with Gasteiger partial charge in [0.2, 0.25) is 5.91 Å². The number of carbonyl (C=O) groups is 1. The van der Waals surface area contributed by atoms with E-state index in [1.54, 1.807) is 18.3 Å². The quantitative estimate of drug-likeness (QED) is 0.757. The monoisotopic (exact) mass is 209 g/mol. The van der Waals surface area contributed by atoms with Gasteiger partial charge in [0, 0.05) is 11.8 Å². The van der Waals surface area contributed by atoms with Gasteiger partial charge in [0.1, 0.15) is 0 Å². The van der Waals surface area contributed by atoms with Crippen molar-refractivity contribution in [1.82, 2.24) is 0 Å². The third-order valence-corrected chi connectivity index (χ3v) is 4.03. The standard InChI is InChI=1S/C11H15NOS/c1-7-9-5-3-4-6-10(9)14-11(7)12-8(2)13/h3-6H2,1-2H3,(H,12,13). The topological polar surface area (TPSA) is 29.1 Å². The van der Waals surface area contributed by atoms with Crippen LogP contribution < -0.4 is 5.32 Å². The molecule has 14 heavy (non-hydrogen) atoms. The average molecular weight is 209 g/mol. The molecule has 0 spiro atoms. The van der Waals surface area contributed by atoms with Crippen molar-refractivity contribution >= 4 is 22.2 Å². The van der Waals surface area contributed by atoms with E-state index >= 15 is 0 Å². The summed E-state index contributed by atoms with van der Waals surface area (Å²) in [6, 6.07) is 0. The Balaban J connectivity index is 2.33. The van der Waals surface area contributed by atoms with Crippen molar-refractivity contribution in [3.05, 3.63) is 16.0 Å². The fraction of sp³-hybridized carbons (Fsp3) is 0.545. The summed E-state index contributed by atoms with van der Waals surface area (Å²) in [6.07, 6.45) is 4.98. The van der Waals surface area contributed by atoms with Crippen LogP contribution in [-0.2, 0) is 17.6 Å². The van der Waals surface area contributed by atoms with Gasteiger partial charge in [-0.1, -0.05) is 0 Å².